The Bertz CT molecular complexity index is 808. The molecule has 172 valence electrons. The van der Waals surface area contributed by atoms with Gasteiger partial charge in [-0.25, -0.2) is 0 Å². The fourth-order valence-corrected chi connectivity index (χ4v) is 9.47. The summed E-state index contributed by atoms with van der Waals surface area (Å²) in [5.41, 5.74) is 2.00. The van der Waals surface area contributed by atoms with E-state index in [-0.39, 0.29) is 34.9 Å². The number of likely N-dealkylation sites (tertiary alicyclic amines) is 1. The molecule has 5 aliphatic rings. The van der Waals surface area contributed by atoms with Crippen molar-refractivity contribution in [2.24, 2.45) is 34.5 Å². The summed E-state index contributed by atoms with van der Waals surface area (Å²) in [6.45, 7) is 8.11. The average Bonchev–Trinajstić information content (AvgIpc) is 3.21. The van der Waals surface area contributed by atoms with Gasteiger partial charge in [0.05, 0.1) is 0 Å². The van der Waals surface area contributed by atoms with Gasteiger partial charge < -0.3 is 15.0 Å². The van der Waals surface area contributed by atoms with Gasteiger partial charge in [-0.1, -0.05) is 18.6 Å². The first-order chi connectivity index (χ1) is 14.7. The van der Waals surface area contributed by atoms with E-state index in [4.69, 9.17) is 4.74 Å². The van der Waals surface area contributed by atoms with Crippen LogP contribution in [0.15, 0.2) is 11.6 Å². The number of hydrogen-bond donors (Lipinski definition) is 1. The van der Waals surface area contributed by atoms with E-state index in [0.717, 1.165) is 25.2 Å². The molecule has 3 saturated carbocycles. The number of nitrogens with one attached hydrogen (secondary N) is 1. The number of amides is 2. The molecular weight excluding hydrogens is 388 g/mol. The number of carbonyl (C=O) groups excluding carboxylic acids is 2. The lowest BCUT2D eigenvalue weighted by Gasteiger charge is -2.59. The summed E-state index contributed by atoms with van der Waals surface area (Å²) in [5.74, 6) is 2.89. The molecule has 0 aromatic rings. The zero-order valence-corrected chi connectivity index (χ0v) is 19.9. The van der Waals surface area contributed by atoms with Crippen molar-refractivity contribution in [1.29, 1.82) is 0 Å². The Morgan fingerprint density at radius 3 is 2.52 bits per heavy atom. The molecule has 31 heavy (non-hydrogen) atoms. The standard InChI is InChI=1S/C26H40N2O3/c1-15-21-8-9-23-20-7-6-18-14-19(27-16(2)29)10-12-25(18,4)22(20)11-13-26(21,23)24(31-5)28(15)17(3)30/h6,15,19-24H,7-14H2,1-5H3,(H,27,29). The van der Waals surface area contributed by atoms with Crippen molar-refractivity contribution in [2.75, 3.05) is 7.11 Å². The first-order valence-corrected chi connectivity index (χ1v) is 12.5. The Morgan fingerprint density at radius 2 is 1.84 bits per heavy atom. The van der Waals surface area contributed by atoms with Crippen LogP contribution in [-0.2, 0) is 14.3 Å². The summed E-state index contributed by atoms with van der Waals surface area (Å²) in [7, 11) is 1.81. The van der Waals surface area contributed by atoms with E-state index in [0.29, 0.717) is 23.8 Å². The van der Waals surface area contributed by atoms with Gasteiger partial charge in [-0.15, -0.1) is 0 Å². The third kappa shape index (κ3) is 2.84. The minimum absolute atomic E-state index is 0.0628. The van der Waals surface area contributed by atoms with E-state index in [1.807, 2.05) is 7.11 Å². The smallest absolute Gasteiger partial charge is 0.221 e. The Morgan fingerprint density at radius 1 is 1.10 bits per heavy atom. The first-order valence-electron chi connectivity index (χ1n) is 12.5. The lowest BCUT2D eigenvalue weighted by atomic mass is 9.47. The maximum Gasteiger partial charge on any atom is 0.221 e. The van der Waals surface area contributed by atoms with Crippen LogP contribution in [0.2, 0.25) is 0 Å². The Kier molecular flexibility index (Phi) is 5.08. The highest BCUT2D eigenvalue weighted by molar-refractivity contribution is 5.74. The van der Waals surface area contributed by atoms with Gasteiger partial charge in [-0.3, -0.25) is 9.59 Å². The summed E-state index contributed by atoms with van der Waals surface area (Å²) < 4.78 is 6.14. The second kappa shape index (κ2) is 7.33. The quantitative estimate of drug-likeness (QED) is 0.668. The number of ether oxygens (including phenoxy) is 1. The van der Waals surface area contributed by atoms with Crippen molar-refractivity contribution in [3.8, 4) is 0 Å². The minimum atomic E-state index is -0.0628. The Hall–Kier alpha value is -1.36. The molecule has 0 bridgehead atoms. The van der Waals surface area contributed by atoms with E-state index in [2.05, 4.69) is 30.1 Å². The summed E-state index contributed by atoms with van der Waals surface area (Å²) in [4.78, 5) is 26.2. The van der Waals surface area contributed by atoms with Crippen molar-refractivity contribution in [2.45, 2.75) is 97.4 Å². The number of allylic oxidation sites excluding steroid dienone is 1. The van der Waals surface area contributed by atoms with Crippen LogP contribution >= 0.6 is 0 Å². The Balaban J connectivity index is 1.46. The largest absolute Gasteiger partial charge is 0.361 e. The molecule has 1 saturated heterocycles. The molecule has 1 heterocycles. The maximum atomic E-state index is 12.6. The molecule has 1 N–H and O–H groups in total. The third-order valence-corrected chi connectivity index (χ3v) is 10.5. The number of nitrogens with zero attached hydrogens (tertiary/aromatic N) is 1. The van der Waals surface area contributed by atoms with Crippen molar-refractivity contribution >= 4 is 11.8 Å². The molecule has 4 fully saturated rings. The summed E-state index contributed by atoms with van der Waals surface area (Å²) in [5, 5.41) is 3.17. The monoisotopic (exact) mass is 428 g/mol. The van der Waals surface area contributed by atoms with E-state index in [1.54, 1.807) is 19.4 Å². The Labute approximate surface area is 187 Å². The number of methoxy groups -OCH3 is 1. The third-order valence-electron chi connectivity index (χ3n) is 10.5. The van der Waals surface area contributed by atoms with Gasteiger partial charge in [-0.05, 0) is 87.4 Å². The predicted molar refractivity (Wildman–Crippen MR) is 120 cm³/mol. The molecule has 9 unspecified atom stereocenters. The van der Waals surface area contributed by atoms with Gasteiger partial charge >= 0.3 is 0 Å². The normalized spacial score (nSPS) is 48.2. The van der Waals surface area contributed by atoms with Crippen LogP contribution in [0.25, 0.3) is 0 Å². The molecule has 9 atom stereocenters. The fraction of sp³-hybridized carbons (Fsp3) is 0.846. The van der Waals surface area contributed by atoms with Crippen LogP contribution in [0.5, 0.6) is 0 Å². The SMILES string of the molecule is COC1N(C(C)=O)C(C)C2CCC3C4CC=C5CC(NC(C)=O)CCC5(C)C4CCC321. The highest BCUT2D eigenvalue weighted by atomic mass is 16.5. The lowest BCUT2D eigenvalue weighted by Crippen LogP contribution is -2.56. The lowest BCUT2D eigenvalue weighted by molar-refractivity contribution is -0.162. The van der Waals surface area contributed by atoms with Gasteiger partial charge in [0.25, 0.3) is 0 Å². The zero-order chi connectivity index (χ0) is 22.1. The van der Waals surface area contributed by atoms with E-state index < -0.39 is 0 Å². The van der Waals surface area contributed by atoms with Gasteiger partial charge in [0, 0.05) is 38.5 Å². The van der Waals surface area contributed by atoms with Crippen molar-refractivity contribution in [3.05, 3.63) is 11.6 Å². The van der Waals surface area contributed by atoms with Crippen LogP contribution < -0.4 is 5.32 Å². The molecule has 0 aromatic carbocycles. The number of carbonyl (C=O) groups is 2. The maximum absolute atomic E-state index is 12.6. The molecule has 0 aromatic heterocycles. The van der Waals surface area contributed by atoms with Gasteiger partial charge in [0.2, 0.25) is 11.8 Å². The van der Waals surface area contributed by atoms with Crippen LogP contribution in [0.4, 0.5) is 0 Å². The summed E-state index contributed by atoms with van der Waals surface area (Å²) in [6.07, 6.45) is 11.9. The van der Waals surface area contributed by atoms with Crippen LogP contribution in [-0.4, -0.2) is 42.1 Å². The van der Waals surface area contributed by atoms with Crippen molar-refractivity contribution in [1.82, 2.24) is 10.2 Å². The zero-order valence-electron chi connectivity index (χ0n) is 19.9. The van der Waals surface area contributed by atoms with E-state index in [1.165, 1.54) is 32.1 Å². The molecule has 5 heteroatoms. The van der Waals surface area contributed by atoms with Gasteiger partial charge in [0.1, 0.15) is 6.23 Å². The first kappa shape index (κ1) is 21.5. The van der Waals surface area contributed by atoms with Crippen molar-refractivity contribution in [3.63, 3.8) is 0 Å². The minimum Gasteiger partial charge on any atom is -0.361 e. The highest BCUT2D eigenvalue weighted by Crippen LogP contribution is 2.70. The molecule has 5 nitrogen and oxygen atoms in total. The molecule has 0 radical (unpaired) electrons. The van der Waals surface area contributed by atoms with E-state index >= 15 is 0 Å². The highest BCUT2D eigenvalue weighted by Gasteiger charge is 2.69. The number of hydrogen-bond acceptors (Lipinski definition) is 3. The molecule has 2 amide bonds. The summed E-state index contributed by atoms with van der Waals surface area (Å²) >= 11 is 0. The second-order valence-corrected chi connectivity index (χ2v) is 11.5. The van der Waals surface area contributed by atoms with Crippen LogP contribution in [0.3, 0.4) is 0 Å². The van der Waals surface area contributed by atoms with Crippen molar-refractivity contribution < 1.29 is 14.3 Å². The van der Waals surface area contributed by atoms with Gasteiger partial charge in [-0.2, -0.15) is 0 Å². The molecule has 1 aliphatic heterocycles. The van der Waals surface area contributed by atoms with Gasteiger partial charge in [0.15, 0.2) is 0 Å². The molecule has 4 aliphatic carbocycles. The molecule has 1 spiro atoms. The fourth-order valence-electron chi connectivity index (χ4n) is 9.47. The average molecular weight is 429 g/mol. The molecular formula is C26H40N2O3. The predicted octanol–water partition coefficient (Wildman–Crippen LogP) is 4.27. The number of rotatable bonds is 2. The summed E-state index contributed by atoms with van der Waals surface area (Å²) in [6, 6.07) is 0.583. The van der Waals surface area contributed by atoms with Crippen LogP contribution in [0.1, 0.15) is 79.1 Å². The molecule has 5 rings (SSSR count). The van der Waals surface area contributed by atoms with E-state index in [9.17, 15) is 9.59 Å². The topological polar surface area (TPSA) is 58.6 Å². The number of fused-ring (bicyclic) bond motifs is 4. The van der Waals surface area contributed by atoms with Crippen LogP contribution in [0, 0.1) is 34.5 Å². The second-order valence-electron chi connectivity index (χ2n) is 11.5.